The molecule has 6 heteroatoms. The molecule has 2 rings (SSSR count). The molecule has 21 heavy (non-hydrogen) atoms. The average Bonchev–Trinajstić information content (AvgIpc) is 2.83. The number of hydrogen-bond acceptors (Lipinski definition) is 6. The molecular formula is C15H21N3O2S. The van der Waals surface area contributed by atoms with Crippen LogP contribution in [-0.2, 0) is 6.42 Å². The summed E-state index contributed by atoms with van der Waals surface area (Å²) >= 11 is 1.39. The molecule has 1 N–H and O–H groups in total. The molecule has 0 saturated heterocycles. The molecule has 0 fully saturated rings. The normalized spacial score (nSPS) is 11.3. The lowest BCUT2D eigenvalue weighted by Gasteiger charge is -2.18. The number of nitrogens with one attached hydrogen (secondary N) is 1. The minimum absolute atomic E-state index is 0.0138. The van der Waals surface area contributed by atoms with Gasteiger partial charge in [-0.05, 0) is 38.5 Å². The molecule has 0 aliphatic rings. The Morgan fingerprint density at radius 2 is 1.86 bits per heavy atom. The van der Waals surface area contributed by atoms with Gasteiger partial charge >= 0.3 is 0 Å². The van der Waals surface area contributed by atoms with Crippen molar-refractivity contribution in [3.63, 3.8) is 0 Å². The number of rotatable bonds is 5. The Hall–Kier alpha value is -1.82. The van der Waals surface area contributed by atoms with E-state index in [1.165, 1.54) is 11.5 Å². The summed E-state index contributed by atoms with van der Waals surface area (Å²) in [5, 5.41) is 4.17. The Kier molecular flexibility index (Phi) is 4.67. The van der Waals surface area contributed by atoms with Gasteiger partial charge in [-0.3, -0.25) is 0 Å². The van der Waals surface area contributed by atoms with Crippen LogP contribution >= 0.6 is 11.5 Å². The molecule has 0 radical (unpaired) electrons. The zero-order valence-corrected chi connectivity index (χ0v) is 13.9. The Morgan fingerprint density at radius 1 is 1.14 bits per heavy atom. The highest BCUT2D eigenvalue weighted by Crippen LogP contribution is 2.28. The first kappa shape index (κ1) is 15.6. The number of aromatic nitrogens is 2. The Morgan fingerprint density at radius 3 is 2.48 bits per heavy atom. The summed E-state index contributed by atoms with van der Waals surface area (Å²) in [6.07, 6.45) is 0.669. The lowest BCUT2D eigenvalue weighted by atomic mass is 10.1. The van der Waals surface area contributed by atoms with E-state index in [9.17, 15) is 0 Å². The summed E-state index contributed by atoms with van der Waals surface area (Å²) in [4.78, 5) is 4.51. The largest absolute Gasteiger partial charge is 0.493 e. The molecule has 0 aliphatic heterocycles. The number of anilines is 1. The highest BCUT2D eigenvalue weighted by atomic mass is 32.1. The van der Waals surface area contributed by atoms with Gasteiger partial charge in [0.2, 0.25) is 5.13 Å². The van der Waals surface area contributed by atoms with Gasteiger partial charge in [-0.1, -0.05) is 6.07 Å². The maximum absolute atomic E-state index is 5.31. The highest BCUT2D eigenvalue weighted by Gasteiger charge is 2.13. The second-order valence-corrected chi connectivity index (χ2v) is 6.51. The van der Waals surface area contributed by atoms with Gasteiger partial charge in [0.1, 0.15) is 5.82 Å². The SMILES string of the molecule is COc1ccc(Cc2nsc(NC(C)(C)C)n2)cc1OC. The van der Waals surface area contributed by atoms with Crippen LogP contribution in [0.1, 0.15) is 32.2 Å². The lowest BCUT2D eigenvalue weighted by molar-refractivity contribution is 0.354. The van der Waals surface area contributed by atoms with Crippen LogP contribution in [0.25, 0.3) is 0 Å². The standard InChI is InChI=1S/C15H21N3O2S/c1-15(2,3)17-14-16-13(18-21-14)9-10-6-7-11(19-4)12(8-10)20-5/h6-8H,9H2,1-5H3,(H,16,17,18). The fourth-order valence-electron chi connectivity index (χ4n) is 1.87. The zero-order chi connectivity index (χ0) is 15.5. The average molecular weight is 307 g/mol. The van der Waals surface area contributed by atoms with E-state index in [4.69, 9.17) is 9.47 Å². The molecule has 0 spiro atoms. The van der Waals surface area contributed by atoms with Gasteiger partial charge in [0.05, 0.1) is 14.2 Å². The number of hydrogen-bond donors (Lipinski definition) is 1. The van der Waals surface area contributed by atoms with Crippen LogP contribution in [0, 0.1) is 0 Å². The minimum atomic E-state index is -0.0138. The first-order chi connectivity index (χ1) is 9.91. The molecule has 0 aliphatic carbocycles. The minimum Gasteiger partial charge on any atom is -0.493 e. The summed E-state index contributed by atoms with van der Waals surface area (Å²) in [6, 6.07) is 5.85. The van der Waals surface area contributed by atoms with Crippen LogP contribution in [0.5, 0.6) is 11.5 Å². The van der Waals surface area contributed by atoms with E-state index < -0.39 is 0 Å². The van der Waals surface area contributed by atoms with Crippen molar-refractivity contribution in [2.75, 3.05) is 19.5 Å². The van der Waals surface area contributed by atoms with Gasteiger partial charge in [-0.25, -0.2) is 4.98 Å². The van der Waals surface area contributed by atoms with E-state index in [0.717, 1.165) is 28.0 Å². The van der Waals surface area contributed by atoms with Crippen molar-refractivity contribution in [1.29, 1.82) is 0 Å². The fraction of sp³-hybridized carbons (Fsp3) is 0.467. The third-order valence-electron chi connectivity index (χ3n) is 2.76. The van der Waals surface area contributed by atoms with Crippen molar-refractivity contribution in [3.8, 4) is 11.5 Å². The van der Waals surface area contributed by atoms with E-state index in [-0.39, 0.29) is 5.54 Å². The van der Waals surface area contributed by atoms with Gasteiger partial charge in [0.15, 0.2) is 11.5 Å². The summed E-state index contributed by atoms with van der Waals surface area (Å²) in [6.45, 7) is 6.30. The molecule has 2 aromatic rings. The van der Waals surface area contributed by atoms with E-state index >= 15 is 0 Å². The van der Waals surface area contributed by atoms with Gasteiger partial charge < -0.3 is 14.8 Å². The van der Waals surface area contributed by atoms with Crippen LogP contribution in [0.4, 0.5) is 5.13 Å². The maximum Gasteiger partial charge on any atom is 0.202 e. The summed E-state index contributed by atoms with van der Waals surface area (Å²) < 4.78 is 14.9. The van der Waals surface area contributed by atoms with E-state index in [1.54, 1.807) is 14.2 Å². The molecule has 1 aromatic carbocycles. The summed E-state index contributed by atoms with van der Waals surface area (Å²) in [7, 11) is 3.26. The molecule has 0 saturated carbocycles. The molecule has 0 unspecified atom stereocenters. The van der Waals surface area contributed by atoms with Gasteiger partial charge in [0.25, 0.3) is 0 Å². The number of nitrogens with zero attached hydrogens (tertiary/aromatic N) is 2. The second-order valence-electron chi connectivity index (χ2n) is 5.76. The van der Waals surface area contributed by atoms with Crippen molar-refractivity contribution in [1.82, 2.24) is 9.36 Å². The quantitative estimate of drug-likeness (QED) is 0.918. The molecule has 1 aromatic heterocycles. The summed E-state index contributed by atoms with van der Waals surface area (Å²) in [5.74, 6) is 2.25. The van der Waals surface area contributed by atoms with Crippen molar-refractivity contribution >= 4 is 16.7 Å². The van der Waals surface area contributed by atoms with Crippen molar-refractivity contribution in [2.45, 2.75) is 32.7 Å². The molecular weight excluding hydrogens is 286 g/mol. The Bertz CT molecular complexity index is 605. The van der Waals surface area contributed by atoms with Gasteiger partial charge in [-0.2, -0.15) is 4.37 Å². The lowest BCUT2D eigenvalue weighted by Crippen LogP contribution is -2.25. The maximum atomic E-state index is 5.31. The van der Waals surface area contributed by atoms with Crippen LogP contribution in [0.2, 0.25) is 0 Å². The second kappa shape index (κ2) is 6.30. The Balaban J connectivity index is 2.11. The number of ether oxygens (including phenoxy) is 2. The predicted octanol–water partition coefficient (Wildman–Crippen LogP) is 3.36. The number of methoxy groups -OCH3 is 2. The molecule has 114 valence electrons. The van der Waals surface area contributed by atoms with Crippen molar-refractivity contribution in [3.05, 3.63) is 29.6 Å². The summed E-state index contributed by atoms with van der Waals surface area (Å²) in [5.41, 5.74) is 1.08. The first-order valence-electron chi connectivity index (χ1n) is 6.73. The predicted molar refractivity (Wildman–Crippen MR) is 85.6 cm³/mol. The molecule has 0 bridgehead atoms. The third kappa shape index (κ3) is 4.32. The van der Waals surface area contributed by atoms with Gasteiger partial charge in [-0.15, -0.1) is 0 Å². The molecule has 0 amide bonds. The monoisotopic (exact) mass is 307 g/mol. The molecule has 1 heterocycles. The molecule has 5 nitrogen and oxygen atoms in total. The highest BCUT2D eigenvalue weighted by molar-refractivity contribution is 7.09. The van der Waals surface area contributed by atoms with Crippen LogP contribution in [0.3, 0.4) is 0 Å². The number of benzene rings is 1. The zero-order valence-electron chi connectivity index (χ0n) is 13.1. The first-order valence-corrected chi connectivity index (χ1v) is 7.50. The van der Waals surface area contributed by atoms with Gasteiger partial charge in [0, 0.05) is 23.5 Å². The van der Waals surface area contributed by atoms with E-state index in [1.807, 2.05) is 18.2 Å². The van der Waals surface area contributed by atoms with E-state index in [2.05, 4.69) is 35.4 Å². The van der Waals surface area contributed by atoms with Crippen LogP contribution in [0.15, 0.2) is 18.2 Å². The Labute approximate surface area is 129 Å². The van der Waals surface area contributed by atoms with Crippen LogP contribution in [-0.4, -0.2) is 29.1 Å². The smallest absolute Gasteiger partial charge is 0.202 e. The topological polar surface area (TPSA) is 56.3 Å². The third-order valence-corrected chi connectivity index (χ3v) is 3.43. The fourth-order valence-corrected chi connectivity index (χ4v) is 2.67. The molecule has 0 atom stereocenters. The van der Waals surface area contributed by atoms with E-state index in [0.29, 0.717) is 6.42 Å². The van der Waals surface area contributed by atoms with Crippen molar-refractivity contribution in [2.24, 2.45) is 0 Å². The van der Waals surface area contributed by atoms with Crippen molar-refractivity contribution < 1.29 is 9.47 Å². The van der Waals surface area contributed by atoms with Crippen LogP contribution < -0.4 is 14.8 Å².